The van der Waals surface area contributed by atoms with E-state index in [4.69, 9.17) is 9.84 Å². The summed E-state index contributed by atoms with van der Waals surface area (Å²) in [6.45, 7) is 5.08. The highest BCUT2D eigenvalue weighted by Crippen LogP contribution is 2.34. The first-order chi connectivity index (χ1) is 12.7. The Hall–Kier alpha value is -1.37. The van der Waals surface area contributed by atoms with Crippen molar-refractivity contribution in [3.05, 3.63) is 41.6 Å². The Kier molecular flexibility index (Phi) is 8.10. The highest BCUT2D eigenvalue weighted by Gasteiger charge is 2.40. The monoisotopic (exact) mass is 426 g/mol. The first kappa shape index (κ1) is 22.9. The van der Waals surface area contributed by atoms with Crippen molar-refractivity contribution in [2.45, 2.75) is 25.8 Å². The van der Waals surface area contributed by atoms with E-state index in [0.29, 0.717) is 25.2 Å². The minimum absolute atomic E-state index is 0. The lowest BCUT2D eigenvalue weighted by Gasteiger charge is -2.44. The van der Waals surface area contributed by atoms with Gasteiger partial charge in [0.1, 0.15) is 18.4 Å². The molecule has 0 aliphatic carbocycles. The summed E-state index contributed by atoms with van der Waals surface area (Å²) in [7, 11) is 0. The molecule has 3 unspecified atom stereocenters. The van der Waals surface area contributed by atoms with Gasteiger partial charge >= 0.3 is 0 Å². The number of aliphatic hydroxyl groups excluding tert-OH is 2. The molecular formula is C21H28Cl2N2O3. The zero-order valence-corrected chi connectivity index (χ0v) is 17.6. The zero-order valence-electron chi connectivity index (χ0n) is 16.0. The summed E-state index contributed by atoms with van der Waals surface area (Å²) in [5, 5.41) is 19.8. The van der Waals surface area contributed by atoms with Crippen molar-refractivity contribution in [3.63, 3.8) is 0 Å². The fraction of sp³-hybridized carbons (Fsp3) is 0.476. The molecule has 0 saturated carbocycles. The Balaban J connectivity index is 0.00000140. The van der Waals surface area contributed by atoms with E-state index in [2.05, 4.69) is 24.0 Å². The molecule has 154 valence electrons. The maximum atomic E-state index is 9.63. The van der Waals surface area contributed by atoms with E-state index in [-0.39, 0.29) is 31.4 Å². The molecule has 1 aromatic carbocycles. The smallest absolute Gasteiger partial charge is 0.211 e. The molecule has 7 heteroatoms. The largest absolute Gasteiger partial charge is 1.00 e. The first-order valence-corrected chi connectivity index (χ1v) is 9.54. The predicted molar refractivity (Wildman–Crippen MR) is 100.0 cm³/mol. The summed E-state index contributed by atoms with van der Waals surface area (Å²) in [4.78, 5) is 4.85. The van der Waals surface area contributed by atoms with Crippen molar-refractivity contribution >= 4 is 16.5 Å². The molecule has 0 amide bonds. The van der Waals surface area contributed by atoms with Crippen LogP contribution < -0.4 is 39.4 Å². The van der Waals surface area contributed by atoms with Gasteiger partial charge < -0.3 is 44.7 Å². The van der Waals surface area contributed by atoms with Crippen molar-refractivity contribution in [3.8, 4) is 5.75 Å². The number of aromatic nitrogens is 1. The van der Waals surface area contributed by atoms with E-state index in [1.54, 1.807) is 5.57 Å². The second-order valence-electron chi connectivity index (χ2n) is 7.51. The van der Waals surface area contributed by atoms with Gasteiger partial charge in [-0.3, -0.25) is 0 Å². The number of hydrogen-bond acceptors (Lipinski definition) is 3. The summed E-state index contributed by atoms with van der Waals surface area (Å²) in [5.41, 5.74) is 5.24. The Morgan fingerprint density at radius 1 is 1.25 bits per heavy atom. The molecule has 28 heavy (non-hydrogen) atoms. The first-order valence-electron chi connectivity index (χ1n) is 9.54. The highest BCUT2D eigenvalue weighted by atomic mass is 35.5. The van der Waals surface area contributed by atoms with Crippen LogP contribution in [0.4, 0.5) is 0 Å². The van der Waals surface area contributed by atoms with Crippen LogP contribution in [0.15, 0.2) is 36.0 Å². The van der Waals surface area contributed by atoms with Crippen LogP contribution in [0.25, 0.3) is 16.5 Å². The van der Waals surface area contributed by atoms with Crippen LogP contribution in [0.5, 0.6) is 5.75 Å². The van der Waals surface area contributed by atoms with Crippen LogP contribution in [0.2, 0.25) is 0 Å². The van der Waals surface area contributed by atoms with Crippen molar-refractivity contribution in [2.24, 2.45) is 5.92 Å². The number of hydrogen-bond donors (Lipinski definition) is 3. The van der Waals surface area contributed by atoms with Crippen LogP contribution in [0, 0.1) is 5.92 Å². The number of fused-ring (bicyclic) bond motifs is 4. The zero-order chi connectivity index (χ0) is 18.1. The number of quaternary nitrogens is 1. The van der Waals surface area contributed by atoms with Crippen LogP contribution in [-0.2, 0) is 0 Å². The second kappa shape index (κ2) is 9.90. The molecule has 1 aromatic heterocycles. The fourth-order valence-electron chi connectivity index (χ4n) is 4.70. The lowest BCUT2D eigenvalue weighted by molar-refractivity contribution is -0.935. The Bertz CT molecular complexity index is 844. The maximum absolute atomic E-state index is 9.63. The molecule has 2 aromatic rings. The lowest BCUT2D eigenvalue weighted by Crippen LogP contribution is -3.19. The molecule has 3 saturated heterocycles. The molecule has 0 spiro atoms. The molecule has 2 bridgehead atoms. The van der Waals surface area contributed by atoms with Crippen molar-refractivity contribution in [1.29, 1.82) is 0 Å². The van der Waals surface area contributed by atoms with Gasteiger partial charge in [-0.1, -0.05) is 0 Å². The molecule has 4 N–H and O–H groups in total. The Morgan fingerprint density at radius 2 is 2.07 bits per heavy atom. The van der Waals surface area contributed by atoms with E-state index < -0.39 is 0 Å². The van der Waals surface area contributed by atoms with Crippen molar-refractivity contribution in [2.75, 3.05) is 32.9 Å². The van der Waals surface area contributed by atoms with E-state index in [1.807, 2.05) is 18.3 Å². The van der Waals surface area contributed by atoms with E-state index in [0.717, 1.165) is 29.6 Å². The average molecular weight is 427 g/mol. The molecule has 3 atom stereocenters. The number of rotatable bonds is 5. The Morgan fingerprint density at radius 3 is 2.75 bits per heavy atom. The highest BCUT2D eigenvalue weighted by molar-refractivity contribution is 5.91. The minimum atomic E-state index is 0. The molecule has 3 aliphatic rings. The van der Waals surface area contributed by atoms with Crippen molar-refractivity contribution < 1.29 is 49.6 Å². The summed E-state index contributed by atoms with van der Waals surface area (Å²) in [5.74, 6) is 1.38. The van der Waals surface area contributed by atoms with Crippen LogP contribution in [-0.4, -0.2) is 49.2 Å². The third-order valence-corrected chi connectivity index (χ3v) is 6.11. The van der Waals surface area contributed by atoms with Crippen LogP contribution in [0.1, 0.15) is 25.3 Å². The SMILES string of the molecule is C/C(=C1/C[NH+]2CCC1CC2CO)c1cc[nH+]c2ccc(OCCO)cc12.[Cl-].[Cl-]. The molecule has 3 fully saturated rings. The number of benzene rings is 1. The van der Waals surface area contributed by atoms with E-state index in [1.165, 1.54) is 29.0 Å². The van der Waals surface area contributed by atoms with Gasteiger partial charge in [0.05, 0.1) is 31.7 Å². The quantitative estimate of drug-likeness (QED) is 0.446. The number of aromatic amines is 1. The normalized spacial score (nSPS) is 25.0. The third kappa shape index (κ3) is 4.29. The lowest BCUT2D eigenvalue weighted by atomic mass is 9.77. The average Bonchev–Trinajstić information content (AvgIpc) is 2.71. The number of pyridine rings is 1. The fourth-order valence-corrected chi connectivity index (χ4v) is 4.70. The summed E-state index contributed by atoms with van der Waals surface area (Å²) >= 11 is 0. The number of aliphatic hydroxyl groups is 2. The molecule has 5 rings (SSSR count). The van der Waals surface area contributed by atoms with Gasteiger partial charge in [-0.05, 0) is 41.7 Å². The van der Waals surface area contributed by atoms with E-state index >= 15 is 0 Å². The summed E-state index contributed by atoms with van der Waals surface area (Å²) in [6, 6.07) is 8.59. The van der Waals surface area contributed by atoms with Crippen LogP contribution in [0.3, 0.4) is 0 Å². The standard InChI is InChI=1S/C21H26N2O3.2ClH/c1-14(20-12-23-7-5-15(20)10-16(23)13-25)18-4-6-22-21-3-2-17(11-19(18)21)26-9-8-24;;/h2-4,6,11,15-16,24-25H,5,7-10,12-13H2,1H3;2*1H/b20-14+;;. The number of nitrogens with one attached hydrogen (secondary N) is 2. The molecule has 3 aliphatic heterocycles. The molecule has 4 heterocycles. The Labute approximate surface area is 178 Å². The summed E-state index contributed by atoms with van der Waals surface area (Å²) < 4.78 is 5.61. The maximum Gasteiger partial charge on any atom is 0.211 e. The number of H-pyrrole nitrogens is 1. The number of halogens is 2. The predicted octanol–water partition coefficient (Wildman–Crippen LogP) is -5.52. The minimum Gasteiger partial charge on any atom is -1.00 e. The van der Waals surface area contributed by atoms with Gasteiger partial charge in [-0.15, -0.1) is 0 Å². The van der Waals surface area contributed by atoms with E-state index in [9.17, 15) is 5.11 Å². The van der Waals surface area contributed by atoms with Gasteiger partial charge in [0.2, 0.25) is 5.52 Å². The number of ether oxygens (including phenoxy) is 1. The van der Waals surface area contributed by atoms with Gasteiger partial charge in [0, 0.05) is 25.0 Å². The third-order valence-electron chi connectivity index (χ3n) is 6.11. The van der Waals surface area contributed by atoms with Crippen LogP contribution >= 0.6 is 0 Å². The number of allylic oxidation sites excluding steroid dienone is 1. The van der Waals surface area contributed by atoms with Gasteiger partial charge in [-0.2, -0.15) is 0 Å². The topological polar surface area (TPSA) is 68.3 Å². The van der Waals surface area contributed by atoms with Gasteiger partial charge in [-0.25, -0.2) is 4.98 Å². The van der Waals surface area contributed by atoms with Gasteiger partial charge in [0.15, 0.2) is 6.20 Å². The van der Waals surface area contributed by atoms with Gasteiger partial charge in [0.25, 0.3) is 0 Å². The number of piperidine rings is 3. The molecule has 0 radical (unpaired) electrons. The molecular weight excluding hydrogens is 399 g/mol. The van der Waals surface area contributed by atoms with Crippen molar-refractivity contribution in [1.82, 2.24) is 0 Å². The summed E-state index contributed by atoms with van der Waals surface area (Å²) in [6.07, 6.45) is 4.32. The second-order valence-corrected chi connectivity index (χ2v) is 7.51. The molecule has 5 nitrogen and oxygen atoms in total.